The van der Waals surface area contributed by atoms with Crippen LogP contribution in [0.5, 0.6) is 5.88 Å². The SMILES string of the molecule is Cc1cnc(OC2CC2)c(Br)c1. The van der Waals surface area contributed by atoms with Gasteiger partial charge in [0, 0.05) is 6.20 Å². The van der Waals surface area contributed by atoms with E-state index in [9.17, 15) is 0 Å². The van der Waals surface area contributed by atoms with Gasteiger partial charge in [-0.05, 0) is 47.3 Å². The summed E-state index contributed by atoms with van der Waals surface area (Å²) in [5.74, 6) is 0.725. The van der Waals surface area contributed by atoms with Crippen molar-refractivity contribution in [2.45, 2.75) is 25.9 Å². The van der Waals surface area contributed by atoms with Gasteiger partial charge in [-0.2, -0.15) is 0 Å². The zero-order valence-electron chi connectivity index (χ0n) is 6.88. The summed E-state index contributed by atoms with van der Waals surface area (Å²) < 4.78 is 6.51. The minimum atomic E-state index is 0.413. The summed E-state index contributed by atoms with van der Waals surface area (Å²) in [4.78, 5) is 4.19. The summed E-state index contributed by atoms with van der Waals surface area (Å²) in [6, 6.07) is 2.02. The molecule has 64 valence electrons. The van der Waals surface area contributed by atoms with Gasteiger partial charge in [0.15, 0.2) is 0 Å². The van der Waals surface area contributed by atoms with Crippen LogP contribution in [0.1, 0.15) is 18.4 Å². The Bertz CT molecular complexity index is 297. The quantitative estimate of drug-likeness (QED) is 0.776. The molecule has 0 N–H and O–H groups in total. The summed E-state index contributed by atoms with van der Waals surface area (Å²) in [7, 11) is 0. The van der Waals surface area contributed by atoms with E-state index >= 15 is 0 Å². The number of rotatable bonds is 2. The third-order valence-corrected chi connectivity index (χ3v) is 2.31. The lowest BCUT2D eigenvalue weighted by atomic mass is 10.3. The number of ether oxygens (including phenoxy) is 1. The van der Waals surface area contributed by atoms with Crippen molar-refractivity contribution in [2.24, 2.45) is 0 Å². The average Bonchev–Trinajstić information content (AvgIpc) is 2.79. The third-order valence-electron chi connectivity index (χ3n) is 1.75. The highest BCUT2D eigenvalue weighted by molar-refractivity contribution is 9.10. The molecule has 0 saturated heterocycles. The van der Waals surface area contributed by atoms with Crippen LogP contribution in [0.15, 0.2) is 16.7 Å². The summed E-state index contributed by atoms with van der Waals surface area (Å²) >= 11 is 3.42. The largest absolute Gasteiger partial charge is 0.474 e. The van der Waals surface area contributed by atoms with E-state index in [2.05, 4.69) is 20.9 Å². The van der Waals surface area contributed by atoms with Crippen molar-refractivity contribution in [1.82, 2.24) is 4.98 Å². The van der Waals surface area contributed by atoms with Crippen LogP contribution < -0.4 is 4.74 Å². The fourth-order valence-electron chi connectivity index (χ4n) is 0.951. The van der Waals surface area contributed by atoms with Crippen molar-refractivity contribution >= 4 is 15.9 Å². The summed E-state index contributed by atoms with van der Waals surface area (Å²) in [5, 5.41) is 0. The van der Waals surface area contributed by atoms with Gasteiger partial charge in [-0.3, -0.25) is 0 Å². The molecule has 2 nitrogen and oxygen atoms in total. The highest BCUT2D eigenvalue weighted by Gasteiger charge is 2.24. The molecular weight excluding hydrogens is 218 g/mol. The van der Waals surface area contributed by atoms with E-state index in [0.717, 1.165) is 15.9 Å². The fourth-order valence-corrected chi connectivity index (χ4v) is 1.51. The molecule has 1 fully saturated rings. The van der Waals surface area contributed by atoms with Crippen molar-refractivity contribution in [3.63, 3.8) is 0 Å². The molecule has 1 aromatic heterocycles. The standard InChI is InChI=1S/C9H10BrNO/c1-6-4-8(10)9(11-5-6)12-7-2-3-7/h4-5,7H,2-3H2,1H3. The van der Waals surface area contributed by atoms with Crippen molar-refractivity contribution in [2.75, 3.05) is 0 Å². The van der Waals surface area contributed by atoms with Crippen molar-refractivity contribution in [1.29, 1.82) is 0 Å². The zero-order chi connectivity index (χ0) is 8.55. The molecule has 0 radical (unpaired) electrons. The van der Waals surface area contributed by atoms with Crippen molar-refractivity contribution in [3.8, 4) is 5.88 Å². The maximum atomic E-state index is 5.55. The van der Waals surface area contributed by atoms with Gasteiger partial charge in [0.05, 0.1) is 4.47 Å². The molecule has 1 saturated carbocycles. The summed E-state index contributed by atoms with van der Waals surface area (Å²) in [5.41, 5.74) is 1.14. The van der Waals surface area contributed by atoms with Crippen LogP contribution in [0.4, 0.5) is 0 Å². The van der Waals surface area contributed by atoms with Crippen LogP contribution in [0.3, 0.4) is 0 Å². The lowest BCUT2D eigenvalue weighted by molar-refractivity contribution is 0.289. The maximum Gasteiger partial charge on any atom is 0.228 e. The Kier molecular flexibility index (Phi) is 2.05. The molecule has 2 rings (SSSR count). The number of pyridine rings is 1. The van der Waals surface area contributed by atoms with Gasteiger partial charge in [0.25, 0.3) is 0 Å². The van der Waals surface area contributed by atoms with Crippen LogP contribution in [-0.4, -0.2) is 11.1 Å². The second-order valence-electron chi connectivity index (χ2n) is 3.12. The Hall–Kier alpha value is -0.570. The Morgan fingerprint density at radius 2 is 2.33 bits per heavy atom. The Morgan fingerprint density at radius 3 is 2.92 bits per heavy atom. The van der Waals surface area contributed by atoms with Gasteiger partial charge < -0.3 is 4.74 Å². The Labute approximate surface area is 80.1 Å². The van der Waals surface area contributed by atoms with Crippen molar-refractivity contribution < 1.29 is 4.74 Å². The summed E-state index contributed by atoms with van der Waals surface area (Å²) in [6.07, 6.45) is 4.57. The van der Waals surface area contributed by atoms with Gasteiger partial charge >= 0.3 is 0 Å². The normalized spacial score (nSPS) is 16.2. The lowest BCUT2D eigenvalue weighted by Crippen LogP contribution is -1.98. The third kappa shape index (κ3) is 1.78. The smallest absolute Gasteiger partial charge is 0.228 e. The van der Waals surface area contributed by atoms with E-state index in [1.807, 2.05) is 19.2 Å². The van der Waals surface area contributed by atoms with Crippen LogP contribution in [-0.2, 0) is 0 Å². The number of aromatic nitrogens is 1. The van der Waals surface area contributed by atoms with E-state index in [1.165, 1.54) is 12.8 Å². The van der Waals surface area contributed by atoms with E-state index in [0.29, 0.717) is 6.10 Å². The highest BCUT2D eigenvalue weighted by Crippen LogP contribution is 2.30. The Balaban J connectivity index is 2.18. The number of hydrogen-bond acceptors (Lipinski definition) is 2. The van der Waals surface area contributed by atoms with E-state index in [1.54, 1.807) is 0 Å². The molecule has 0 spiro atoms. The second kappa shape index (κ2) is 3.05. The molecule has 0 aliphatic heterocycles. The maximum absolute atomic E-state index is 5.55. The number of nitrogens with zero attached hydrogens (tertiary/aromatic N) is 1. The highest BCUT2D eigenvalue weighted by atomic mass is 79.9. The van der Waals surface area contributed by atoms with E-state index < -0.39 is 0 Å². The molecule has 0 unspecified atom stereocenters. The minimum absolute atomic E-state index is 0.413. The summed E-state index contributed by atoms with van der Waals surface area (Å²) in [6.45, 7) is 2.01. The van der Waals surface area contributed by atoms with Gasteiger partial charge in [-0.1, -0.05) is 0 Å². The molecule has 0 amide bonds. The molecule has 1 aromatic rings. The molecule has 1 heterocycles. The first-order valence-corrected chi connectivity index (χ1v) is 4.84. The first-order chi connectivity index (χ1) is 5.75. The lowest BCUT2D eigenvalue weighted by Gasteiger charge is -2.05. The predicted molar refractivity (Wildman–Crippen MR) is 50.3 cm³/mol. The van der Waals surface area contributed by atoms with Crippen LogP contribution >= 0.6 is 15.9 Å². The van der Waals surface area contributed by atoms with Gasteiger partial charge in [0.1, 0.15) is 6.10 Å². The predicted octanol–water partition coefficient (Wildman–Crippen LogP) is 2.69. The topological polar surface area (TPSA) is 22.1 Å². The molecule has 0 aromatic carbocycles. The van der Waals surface area contributed by atoms with Gasteiger partial charge in [0.2, 0.25) is 5.88 Å². The second-order valence-corrected chi connectivity index (χ2v) is 3.97. The van der Waals surface area contributed by atoms with Crippen LogP contribution in [0, 0.1) is 6.92 Å². The van der Waals surface area contributed by atoms with Gasteiger partial charge in [-0.25, -0.2) is 4.98 Å². The Morgan fingerprint density at radius 1 is 1.58 bits per heavy atom. The van der Waals surface area contributed by atoms with E-state index in [-0.39, 0.29) is 0 Å². The molecule has 0 bridgehead atoms. The molecular formula is C9H10BrNO. The molecule has 0 atom stereocenters. The van der Waals surface area contributed by atoms with Crippen LogP contribution in [0.25, 0.3) is 0 Å². The number of aryl methyl sites for hydroxylation is 1. The van der Waals surface area contributed by atoms with Crippen molar-refractivity contribution in [3.05, 3.63) is 22.3 Å². The number of halogens is 1. The minimum Gasteiger partial charge on any atom is -0.474 e. The first-order valence-electron chi connectivity index (χ1n) is 4.04. The van der Waals surface area contributed by atoms with Crippen LogP contribution in [0.2, 0.25) is 0 Å². The average molecular weight is 228 g/mol. The number of hydrogen-bond donors (Lipinski definition) is 0. The molecule has 3 heteroatoms. The monoisotopic (exact) mass is 227 g/mol. The van der Waals surface area contributed by atoms with Gasteiger partial charge in [-0.15, -0.1) is 0 Å². The molecule has 1 aliphatic rings. The zero-order valence-corrected chi connectivity index (χ0v) is 8.47. The first kappa shape index (κ1) is 8.05. The van der Waals surface area contributed by atoms with E-state index in [4.69, 9.17) is 4.74 Å². The fraction of sp³-hybridized carbons (Fsp3) is 0.444. The molecule has 12 heavy (non-hydrogen) atoms. The molecule has 1 aliphatic carbocycles.